The summed E-state index contributed by atoms with van der Waals surface area (Å²) in [5.41, 5.74) is 0.636. The molecule has 0 spiro atoms. The number of nitrogens with zero attached hydrogens (tertiary/aromatic N) is 1. The molecule has 0 aromatic carbocycles. The third-order valence-corrected chi connectivity index (χ3v) is 1.32. The van der Waals surface area contributed by atoms with Crippen molar-refractivity contribution in [2.45, 2.75) is 0 Å². The molecule has 0 saturated carbocycles. The fraction of sp³-hybridized carbons (Fsp3) is 0. The Morgan fingerprint density at radius 2 is 2.18 bits per heavy atom. The van der Waals surface area contributed by atoms with Crippen LogP contribution < -0.4 is 11.7 Å². The third kappa shape index (κ3) is 3.82. The highest BCUT2D eigenvalue weighted by atomic mass is 79.9. The van der Waals surface area contributed by atoms with Crippen LogP contribution in [-0.4, -0.2) is 11.3 Å². The van der Waals surface area contributed by atoms with E-state index >= 15 is 0 Å². The van der Waals surface area contributed by atoms with E-state index in [1.165, 1.54) is 0 Å². The van der Waals surface area contributed by atoms with E-state index in [1.807, 2.05) is 0 Å². The number of carbonyl (C=O) groups is 1. The summed E-state index contributed by atoms with van der Waals surface area (Å²) in [6, 6.07) is 3.31. The van der Waals surface area contributed by atoms with Crippen molar-refractivity contribution in [2.75, 3.05) is 0 Å². The minimum absolute atomic E-state index is 0.636. The van der Waals surface area contributed by atoms with Crippen LogP contribution in [0.3, 0.4) is 0 Å². The summed E-state index contributed by atoms with van der Waals surface area (Å²) in [7, 11) is 0. The van der Waals surface area contributed by atoms with Crippen LogP contribution in [0, 0.1) is 0 Å². The molecule has 0 aliphatic rings. The summed E-state index contributed by atoms with van der Waals surface area (Å²) in [5.74, 6) is 8.00. The first kappa shape index (κ1) is 10.2. The second-order valence-electron chi connectivity index (χ2n) is 1.53. The smallest absolute Gasteiger partial charge is 0.150 e. The molecule has 4 nitrogen and oxygen atoms in total. The van der Waals surface area contributed by atoms with Gasteiger partial charge in [-0.05, 0) is 28.1 Å². The highest BCUT2D eigenvalue weighted by Gasteiger charge is 1.88. The highest BCUT2D eigenvalue weighted by molar-refractivity contribution is 9.10. The van der Waals surface area contributed by atoms with E-state index in [1.54, 1.807) is 18.3 Å². The van der Waals surface area contributed by atoms with Crippen molar-refractivity contribution >= 4 is 22.2 Å². The number of hydrogen-bond donors (Lipinski definition) is 2. The number of hydrogen-bond acceptors (Lipinski definition) is 4. The minimum Gasteiger partial charge on any atom is -0.298 e. The molecule has 60 valence electrons. The van der Waals surface area contributed by atoms with Crippen LogP contribution in [0.5, 0.6) is 0 Å². The van der Waals surface area contributed by atoms with Crippen molar-refractivity contribution in [3.05, 3.63) is 28.5 Å². The van der Waals surface area contributed by atoms with Gasteiger partial charge in [-0.1, -0.05) is 0 Å². The van der Waals surface area contributed by atoms with Crippen LogP contribution in [0.1, 0.15) is 10.4 Å². The Bertz CT molecular complexity index is 229. The Morgan fingerprint density at radius 3 is 2.55 bits per heavy atom. The summed E-state index contributed by atoms with van der Waals surface area (Å²) in [4.78, 5) is 14.0. The number of carbonyl (C=O) groups excluding carboxylic acids is 1. The summed E-state index contributed by atoms with van der Waals surface area (Å²) >= 11 is 3.13. The lowest BCUT2D eigenvalue weighted by molar-refractivity contribution is 0.112. The monoisotopic (exact) mass is 217 g/mol. The molecule has 0 saturated heterocycles. The van der Waals surface area contributed by atoms with Crippen molar-refractivity contribution in [1.82, 2.24) is 4.98 Å². The first-order valence-corrected chi connectivity index (χ1v) is 3.52. The fourth-order valence-corrected chi connectivity index (χ4v) is 0.873. The molecule has 0 radical (unpaired) electrons. The topological polar surface area (TPSA) is 82.0 Å². The van der Waals surface area contributed by atoms with Gasteiger partial charge in [0.1, 0.15) is 10.9 Å². The maximum absolute atomic E-state index is 10.1. The van der Waals surface area contributed by atoms with Gasteiger partial charge in [0, 0.05) is 11.8 Å². The second-order valence-corrected chi connectivity index (χ2v) is 2.34. The lowest BCUT2D eigenvalue weighted by Gasteiger charge is -1.87. The van der Waals surface area contributed by atoms with E-state index in [2.05, 4.69) is 32.6 Å². The summed E-state index contributed by atoms with van der Waals surface area (Å²) in [6.07, 6.45) is 2.36. The zero-order valence-corrected chi connectivity index (χ0v) is 7.28. The molecule has 0 bridgehead atoms. The van der Waals surface area contributed by atoms with E-state index in [4.69, 9.17) is 0 Å². The molecule has 0 aliphatic heterocycles. The van der Waals surface area contributed by atoms with Crippen LogP contribution in [0.2, 0.25) is 0 Å². The quantitative estimate of drug-likeness (QED) is 0.310. The van der Waals surface area contributed by atoms with E-state index < -0.39 is 0 Å². The van der Waals surface area contributed by atoms with E-state index in [9.17, 15) is 4.79 Å². The molecule has 0 amide bonds. The van der Waals surface area contributed by atoms with Crippen LogP contribution in [0.4, 0.5) is 0 Å². The first-order valence-electron chi connectivity index (χ1n) is 2.73. The third-order valence-electron chi connectivity index (χ3n) is 0.887. The van der Waals surface area contributed by atoms with Crippen molar-refractivity contribution in [1.29, 1.82) is 0 Å². The van der Waals surface area contributed by atoms with Crippen LogP contribution in [0.25, 0.3) is 0 Å². The Morgan fingerprint density at radius 1 is 1.55 bits per heavy atom. The van der Waals surface area contributed by atoms with Gasteiger partial charge in [0.15, 0.2) is 0 Å². The van der Waals surface area contributed by atoms with Crippen molar-refractivity contribution in [2.24, 2.45) is 11.7 Å². The molecule has 1 heterocycles. The molecule has 0 unspecified atom stereocenters. The number of pyridine rings is 1. The van der Waals surface area contributed by atoms with Gasteiger partial charge in [0.25, 0.3) is 0 Å². The number of rotatable bonds is 1. The molecule has 0 fully saturated rings. The van der Waals surface area contributed by atoms with Gasteiger partial charge < -0.3 is 0 Å². The minimum atomic E-state index is 0.636. The van der Waals surface area contributed by atoms with Gasteiger partial charge >= 0.3 is 0 Å². The van der Waals surface area contributed by atoms with Gasteiger partial charge in [0.05, 0.1) is 0 Å². The molecule has 4 N–H and O–H groups in total. The summed E-state index contributed by atoms with van der Waals surface area (Å²) in [6.45, 7) is 0. The standard InChI is InChI=1S/C6H4BrNO.H4N2/c7-6-3-5(4-9)1-2-8-6;1-2/h1-4H;1-2H2. The molecule has 1 rings (SSSR count). The Labute approximate surface area is 72.7 Å². The molecular formula is C6H8BrN3O. The summed E-state index contributed by atoms with van der Waals surface area (Å²) in [5, 5.41) is 0. The predicted octanol–water partition coefficient (Wildman–Crippen LogP) is 0.475. The molecule has 0 atom stereocenters. The van der Waals surface area contributed by atoms with Gasteiger partial charge in [-0.3, -0.25) is 16.5 Å². The highest BCUT2D eigenvalue weighted by Crippen LogP contribution is 2.05. The average molecular weight is 218 g/mol. The number of hydrazine groups is 1. The predicted molar refractivity (Wildman–Crippen MR) is 45.7 cm³/mol. The Kier molecular flexibility index (Phi) is 5.54. The number of nitrogens with two attached hydrogens (primary N) is 2. The zero-order chi connectivity index (χ0) is 8.69. The number of aldehydes is 1. The lowest BCUT2D eigenvalue weighted by atomic mass is 10.3. The van der Waals surface area contributed by atoms with E-state index in [0.717, 1.165) is 6.29 Å². The van der Waals surface area contributed by atoms with Gasteiger partial charge in [-0.2, -0.15) is 0 Å². The normalized spacial score (nSPS) is 7.91. The SMILES string of the molecule is NN.O=Cc1ccnc(Br)c1. The Hall–Kier alpha value is -0.780. The maximum atomic E-state index is 10.1. The van der Waals surface area contributed by atoms with Gasteiger partial charge in [0.2, 0.25) is 0 Å². The fourth-order valence-electron chi connectivity index (χ4n) is 0.491. The lowest BCUT2D eigenvalue weighted by Crippen LogP contribution is -2.02. The molecule has 1 aromatic rings. The second kappa shape index (κ2) is 5.96. The van der Waals surface area contributed by atoms with E-state index in [-0.39, 0.29) is 0 Å². The van der Waals surface area contributed by atoms with Crippen molar-refractivity contribution < 1.29 is 4.79 Å². The molecule has 0 aliphatic carbocycles. The summed E-state index contributed by atoms with van der Waals surface area (Å²) < 4.78 is 0.687. The average Bonchev–Trinajstić information content (AvgIpc) is 2.08. The first-order chi connectivity index (χ1) is 5.33. The van der Waals surface area contributed by atoms with Crippen molar-refractivity contribution in [3.63, 3.8) is 0 Å². The largest absolute Gasteiger partial charge is 0.298 e. The molecule has 11 heavy (non-hydrogen) atoms. The van der Waals surface area contributed by atoms with Crippen molar-refractivity contribution in [3.8, 4) is 0 Å². The van der Waals surface area contributed by atoms with Gasteiger partial charge in [-0.25, -0.2) is 4.98 Å². The molecule has 5 heteroatoms. The Balaban J connectivity index is 0.000000461. The van der Waals surface area contributed by atoms with Gasteiger partial charge in [-0.15, -0.1) is 0 Å². The molecule has 1 aromatic heterocycles. The number of aromatic nitrogens is 1. The number of halogens is 1. The van der Waals surface area contributed by atoms with E-state index in [0.29, 0.717) is 10.2 Å². The zero-order valence-electron chi connectivity index (χ0n) is 5.70. The van der Waals surface area contributed by atoms with Crippen LogP contribution >= 0.6 is 15.9 Å². The maximum Gasteiger partial charge on any atom is 0.150 e. The van der Waals surface area contributed by atoms with Crippen LogP contribution in [-0.2, 0) is 0 Å². The van der Waals surface area contributed by atoms with Crippen LogP contribution in [0.15, 0.2) is 22.9 Å². The molecular weight excluding hydrogens is 210 g/mol.